The Kier molecular flexibility index (Phi) is 7.96. The maximum atomic E-state index is 13.2. The zero-order valence-electron chi connectivity index (χ0n) is 17.9. The van der Waals surface area contributed by atoms with E-state index in [1.807, 2.05) is 13.8 Å². The van der Waals surface area contributed by atoms with Gasteiger partial charge in [0.15, 0.2) is 6.61 Å². The molecule has 1 fully saturated rings. The number of nitrogens with zero attached hydrogens (tertiary/aromatic N) is 2. The second kappa shape index (κ2) is 10.3. The second-order valence-electron chi connectivity index (χ2n) is 8.16. The molecular formula is C22H27ClFN2O5P. The van der Waals surface area contributed by atoms with Crippen molar-refractivity contribution >= 4 is 25.1 Å². The molecule has 1 amide bonds. The molecule has 0 radical (unpaired) electrons. The smallest absolute Gasteiger partial charge is 0.330 e. The number of carbonyl (C=O) groups excluding carboxylic acids is 1. The summed E-state index contributed by atoms with van der Waals surface area (Å²) in [4.78, 5) is 35.4. The largest absolute Gasteiger partial charge is 0.483 e. The Morgan fingerprint density at radius 2 is 1.84 bits per heavy atom. The van der Waals surface area contributed by atoms with Gasteiger partial charge in [0.25, 0.3) is 5.91 Å². The monoisotopic (exact) mass is 484 g/mol. The molecule has 10 heteroatoms. The van der Waals surface area contributed by atoms with Crippen LogP contribution in [-0.4, -0.2) is 57.3 Å². The lowest BCUT2D eigenvalue weighted by atomic mass is 10.1. The molecule has 3 rings (SSSR count). The zero-order chi connectivity index (χ0) is 23.5. The first-order valence-electron chi connectivity index (χ1n) is 10.3. The molecule has 2 atom stereocenters. The Bertz CT molecular complexity index is 1000. The van der Waals surface area contributed by atoms with Crippen molar-refractivity contribution in [3.8, 4) is 5.75 Å². The van der Waals surface area contributed by atoms with Crippen molar-refractivity contribution in [2.24, 2.45) is 0 Å². The van der Waals surface area contributed by atoms with Crippen molar-refractivity contribution in [2.75, 3.05) is 19.7 Å². The predicted molar refractivity (Wildman–Crippen MR) is 120 cm³/mol. The fourth-order valence-corrected chi connectivity index (χ4v) is 4.73. The van der Waals surface area contributed by atoms with E-state index in [-0.39, 0.29) is 41.7 Å². The van der Waals surface area contributed by atoms with Gasteiger partial charge < -0.3 is 19.4 Å². The molecular weight excluding hydrogens is 458 g/mol. The number of amides is 1. The average Bonchev–Trinajstić information content (AvgIpc) is 2.70. The van der Waals surface area contributed by atoms with Gasteiger partial charge in [-0.25, -0.2) is 4.39 Å². The van der Waals surface area contributed by atoms with Crippen molar-refractivity contribution in [1.82, 2.24) is 9.80 Å². The minimum atomic E-state index is -4.33. The van der Waals surface area contributed by atoms with Gasteiger partial charge in [-0.05, 0) is 49.7 Å². The van der Waals surface area contributed by atoms with Gasteiger partial charge in [0.2, 0.25) is 0 Å². The van der Waals surface area contributed by atoms with E-state index < -0.39 is 13.8 Å². The van der Waals surface area contributed by atoms with E-state index in [9.17, 15) is 23.5 Å². The Hall–Kier alpha value is -1.96. The molecule has 1 aliphatic rings. The number of piperazine rings is 1. The van der Waals surface area contributed by atoms with E-state index in [0.717, 1.165) is 5.56 Å². The lowest BCUT2D eigenvalue weighted by molar-refractivity contribution is -0.139. The topological polar surface area (TPSA) is 90.3 Å². The molecule has 0 saturated carbocycles. The highest BCUT2D eigenvalue weighted by molar-refractivity contribution is 7.50. The van der Waals surface area contributed by atoms with Gasteiger partial charge in [0.1, 0.15) is 11.6 Å². The summed E-state index contributed by atoms with van der Waals surface area (Å²) >= 11 is 5.94. The van der Waals surface area contributed by atoms with Crippen LogP contribution in [0.2, 0.25) is 5.02 Å². The highest BCUT2D eigenvalue weighted by Gasteiger charge is 2.32. The van der Waals surface area contributed by atoms with Gasteiger partial charge in [-0.2, -0.15) is 0 Å². The van der Waals surface area contributed by atoms with Crippen LogP contribution < -0.4 is 4.74 Å². The molecule has 2 aromatic carbocycles. The Morgan fingerprint density at radius 1 is 1.16 bits per heavy atom. The molecule has 1 aliphatic heterocycles. The maximum Gasteiger partial charge on any atom is 0.330 e. The third-order valence-corrected chi connectivity index (χ3v) is 6.47. The van der Waals surface area contributed by atoms with Gasteiger partial charge in [-0.3, -0.25) is 14.3 Å². The molecule has 0 bridgehead atoms. The molecule has 1 heterocycles. The number of carbonyl (C=O) groups is 1. The summed E-state index contributed by atoms with van der Waals surface area (Å²) < 4.78 is 30.2. The van der Waals surface area contributed by atoms with Gasteiger partial charge in [0, 0.05) is 42.3 Å². The molecule has 2 aromatic rings. The lowest BCUT2D eigenvalue weighted by Gasteiger charge is -2.44. The predicted octanol–water partition coefficient (Wildman–Crippen LogP) is 3.66. The molecule has 0 spiro atoms. The summed E-state index contributed by atoms with van der Waals surface area (Å²) in [7, 11) is -4.33. The third-order valence-electron chi connectivity index (χ3n) is 5.48. The van der Waals surface area contributed by atoms with Crippen molar-refractivity contribution in [1.29, 1.82) is 0 Å². The van der Waals surface area contributed by atoms with E-state index in [0.29, 0.717) is 24.7 Å². The average molecular weight is 485 g/mol. The molecule has 0 aromatic heterocycles. The maximum absolute atomic E-state index is 13.2. The molecule has 174 valence electrons. The zero-order valence-corrected chi connectivity index (χ0v) is 19.6. The van der Waals surface area contributed by atoms with Crippen molar-refractivity contribution in [3.05, 3.63) is 64.4 Å². The van der Waals surface area contributed by atoms with E-state index in [4.69, 9.17) is 16.3 Å². The fourth-order valence-electron chi connectivity index (χ4n) is 3.85. The summed E-state index contributed by atoms with van der Waals surface area (Å²) in [6.45, 7) is 5.59. The Labute approximate surface area is 191 Å². The number of rotatable bonds is 7. The van der Waals surface area contributed by atoms with E-state index in [2.05, 4.69) is 4.90 Å². The number of halogens is 2. The first-order chi connectivity index (χ1) is 15.0. The van der Waals surface area contributed by atoms with Gasteiger partial charge in [0.05, 0.1) is 6.16 Å². The summed E-state index contributed by atoms with van der Waals surface area (Å²) in [6.07, 6.45) is -0.521. The Balaban J connectivity index is 1.61. The van der Waals surface area contributed by atoms with Crippen molar-refractivity contribution in [2.45, 2.75) is 38.6 Å². The van der Waals surface area contributed by atoms with Gasteiger partial charge in [-0.1, -0.05) is 23.7 Å². The summed E-state index contributed by atoms with van der Waals surface area (Å²) in [5.74, 6) is -0.250. The van der Waals surface area contributed by atoms with Gasteiger partial charge in [-0.15, -0.1) is 0 Å². The number of benzene rings is 2. The Morgan fingerprint density at radius 3 is 2.50 bits per heavy atom. The molecule has 32 heavy (non-hydrogen) atoms. The first kappa shape index (κ1) is 24.7. The standard InChI is InChI=1S/C22H27ClFN2O5P/c1-15-11-26(16(2)10-25(15)12-17-3-6-20(24)7-4-17)22(27)13-31-21-8-5-19(23)9-18(21)14-32(28,29)30/h3-9,15-16H,10-14H2,1-2H3,(H2,28,29,30)/t15-,16+/m0/s1. The molecule has 0 unspecified atom stereocenters. The minimum Gasteiger partial charge on any atom is -0.483 e. The van der Waals surface area contributed by atoms with Crippen LogP contribution in [0, 0.1) is 5.82 Å². The number of hydrogen-bond acceptors (Lipinski definition) is 4. The summed E-state index contributed by atoms with van der Waals surface area (Å²) in [5, 5.41) is 0.326. The number of hydrogen-bond donors (Lipinski definition) is 2. The van der Waals surface area contributed by atoms with Crippen LogP contribution in [0.15, 0.2) is 42.5 Å². The van der Waals surface area contributed by atoms with Crippen LogP contribution in [0.5, 0.6) is 5.75 Å². The molecule has 7 nitrogen and oxygen atoms in total. The summed E-state index contributed by atoms with van der Waals surface area (Å²) in [6, 6.07) is 10.9. The molecule has 0 aliphatic carbocycles. The highest BCUT2D eigenvalue weighted by atomic mass is 35.5. The SMILES string of the molecule is C[C@@H]1CN(Cc2ccc(F)cc2)[C@@H](C)CN1C(=O)COc1ccc(Cl)cc1CP(=O)(O)O. The minimum absolute atomic E-state index is 0.0532. The second-order valence-corrected chi connectivity index (χ2v) is 10.2. The first-order valence-corrected chi connectivity index (χ1v) is 12.4. The number of ether oxygens (including phenoxy) is 1. The van der Waals surface area contributed by atoms with Crippen LogP contribution in [0.1, 0.15) is 25.0 Å². The quantitative estimate of drug-likeness (QED) is 0.583. The van der Waals surface area contributed by atoms with Crippen LogP contribution in [0.25, 0.3) is 0 Å². The summed E-state index contributed by atoms with van der Waals surface area (Å²) in [5.41, 5.74) is 1.26. The molecule has 2 N–H and O–H groups in total. The van der Waals surface area contributed by atoms with Crippen LogP contribution >= 0.6 is 19.2 Å². The van der Waals surface area contributed by atoms with Crippen molar-refractivity contribution < 1.29 is 28.3 Å². The van der Waals surface area contributed by atoms with Crippen molar-refractivity contribution in [3.63, 3.8) is 0 Å². The van der Waals surface area contributed by atoms with Crippen LogP contribution in [0.3, 0.4) is 0 Å². The lowest BCUT2D eigenvalue weighted by Crippen LogP contribution is -2.58. The highest BCUT2D eigenvalue weighted by Crippen LogP contribution is 2.42. The molecule has 1 saturated heterocycles. The normalized spacial score (nSPS) is 19.8. The van der Waals surface area contributed by atoms with Crippen LogP contribution in [-0.2, 0) is 22.1 Å². The van der Waals surface area contributed by atoms with E-state index >= 15 is 0 Å². The van der Waals surface area contributed by atoms with Crippen LogP contribution in [0.4, 0.5) is 4.39 Å². The van der Waals surface area contributed by atoms with Gasteiger partial charge >= 0.3 is 7.60 Å². The fraction of sp³-hybridized carbons (Fsp3) is 0.409. The van der Waals surface area contributed by atoms with E-state index in [1.165, 1.54) is 24.3 Å². The van der Waals surface area contributed by atoms with E-state index in [1.54, 1.807) is 23.1 Å². The third kappa shape index (κ3) is 6.77.